The molecule has 0 aromatic heterocycles. The van der Waals surface area contributed by atoms with E-state index in [0.29, 0.717) is 10.5 Å². The predicted molar refractivity (Wildman–Crippen MR) is 53.3 cm³/mol. The van der Waals surface area contributed by atoms with Gasteiger partial charge in [-0.25, -0.2) is 4.79 Å². The van der Waals surface area contributed by atoms with Crippen molar-refractivity contribution in [2.24, 2.45) is 5.73 Å². The first-order valence-corrected chi connectivity index (χ1v) is 4.24. The van der Waals surface area contributed by atoms with Gasteiger partial charge in [0.1, 0.15) is 6.07 Å². The van der Waals surface area contributed by atoms with Crippen molar-refractivity contribution >= 4 is 18.6 Å². The van der Waals surface area contributed by atoms with Gasteiger partial charge in [-0.1, -0.05) is 0 Å². The zero-order valence-electron chi connectivity index (χ0n) is 7.19. The maximum Gasteiger partial charge on any atom is 0.337 e. The second kappa shape index (κ2) is 4.13. The first kappa shape index (κ1) is 10.6. The van der Waals surface area contributed by atoms with E-state index in [1.165, 1.54) is 6.07 Å². The van der Waals surface area contributed by atoms with E-state index >= 15 is 0 Å². The summed E-state index contributed by atoms with van der Waals surface area (Å²) < 4.78 is 0. The molecule has 0 fully saturated rings. The SMILES string of the molecule is N#Cc1c(CN)cc(S)cc1C(=O)O. The van der Waals surface area contributed by atoms with Crippen LogP contribution in [0.3, 0.4) is 0 Å². The third-order valence-corrected chi connectivity index (χ3v) is 2.03. The summed E-state index contributed by atoms with van der Waals surface area (Å²) in [7, 11) is 0. The number of benzene rings is 1. The zero-order chi connectivity index (χ0) is 10.7. The smallest absolute Gasteiger partial charge is 0.337 e. The summed E-state index contributed by atoms with van der Waals surface area (Å²) in [6.07, 6.45) is 0. The van der Waals surface area contributed by atoms with Crippen LogP contribution in [0.2, 0.25) is 0 Å². The Labute approximate surface area is 86.4 Å². The highest BCUT2D eigenvalue weighted by atomic mass is 32.1. The Bertz CT molecular complexity index is 424. The van der Waals surface area contributed by atoms with Gasteiger partial charge in [0, 0.05) is 11.4 Å². The molecule has 0 aliphatic rings. The van der Waals surface area contributed by atoms with E-state index in [4.69, 9.17) is 16.1 Å². The lowest BCUT2D eigenvalue weighted by Crippen LogP contribution is -2.07. The number of carboxylic acids is 1. The molecule has 14 heavy (non-hydrogen) atoms. The van der Waals surface area contributed by atoms with E-state index in [-0.39, 0.29) is 17.7 Å². The van der Waals surface area contributed by atoms with Crippen molar-refractivity contribution in [2.45, 2.75) is 11.4 Å². The lowest BCUT2D eigenvalue weighted by Gasteiger charge is -2.05. The fourth-order valence-corrected chi connectivity index (χ4v) is 1.43. The van der Waals surface area contributed by atoms with Crippen molar-refractivity contribution in [3.05, 3.63) is 28.8 Å². The average Bonchev–Trinajstić information content (AvgIpc) is 2.16. The Kier molecular flexibility index (Phi) is 3.12. The molecule has 0 amide bonds. The van der Waals surface area contributed by atoms with Crippen LogP contribution in [0.1, 0.15) is 21.5 Å². The Hall–Kier alpha value is -1.51. The van der Waals surface area contributed by atoms with Crippen molar-refractivity contribution < 1.29 is 9.90 Å². The lowest BCUT2D eigenvalue weighted by molar-refractivity contribution is 0.0696. The normalized spacial score (nSPS) is 9.50. The van der Waals surface area contributed by atoms with Gasteiger partial charge in [0.25, 0.3) is 0 Å². The van der Waals surface area contributed by atoms with Crippen LogP contribution in [0, 0.1) is 11.3 Å². The summed E-state index contributed by atoms with van der Waals surface area (Å²) in [6.45, 7) is 0.123. The largest absolute Gasteiger partial charge is 0.478 e. The van der Waals surface area contributed by atoms with Crippen LogP contribution < -0.4 is 5.73 Å². The number of rotatable bonds is 2. The second-order valence-electron chi connectivity index (χ2n) is 2.65. The monoisotopic (exact) mass is 208 g/mol. The summed E-state index contributed by atoms with van der Waals surface area (Å²) in [5.74, 6) is -1.15. The van der Waals surface area contributed by atoms with Gasteiger partial charge in [-0.15, -0.1) is 12.6 Å². The number of carboxylic acid groups (broad SMARTS) is 1. The zero-order valence-corrected chi connectivity index (χ0v) is 8.08. The summed E-state index contributed by atoms with van der Waals surface area (Å²) in [5.41, 5.74) is 5.94. The van der Waals surface area contributed by atoms with Crippen LogP contribution in [0.15, 0.2) is 17.0 Å². The minimum atomic E-state index is -1.15. The molecule has 0 aliphatic carbocycles. The summed E-state index contributed by atoms with van der Waals surface area (Å²) in [5, 5.41) is 17.6. The molecule has 3 N–H and O–H groups in total. The van der Waals surface area contributed by atoms with Gasteiger partial charge in [0.15, 0.2) is 0 Å². The fourth-order valence-electron chi connectivity index (χ4n) is 1.15. The molecule has 0 bridgehead atoms. The lowest BCUT2D eigenvalue weighted by atomic mass is 10.0. The number of hydrogen-bond donors (Lipinski definition) is 3. The number of carbonyl (C=O) groups is 1. The van der Waals surface area contributed by atoms with Crippen molar-refractivity contribution in [3.63, 3.8) is 0 Å². The van der Waals surface area contributed by atoms with Gasteiger partial charge < -0.3 is 10.8 Å². The number of nitrogens with zero attached hydrogens (tertiary/aromatic N) is 1. The molecule has 0 saturated carbocycles. The number of aromatic carboxylic acids is 1. The molecular weight excluding hydrogens is 200 g/mol. The molecule has 1 aromatic carbocycles. The van der Waals surface area contributed by atoms with Crippen LogP contribution in [0.5, 0.6) is 0 Å². The van der Waals surface area contributed by atoms with E-state index in [1.54, 1.807) is 6.07 Å². The Morgan fingerprint density at radius 1 is 1.64 bits per heavy atom. The average molecular weight is 208 g/mol. The summed E-state index contributed by atoms with van der Waals surface area (Å²) in [6, 6.07) is 4.76. The molecule has 0 unspecified atom stereocenters. The van der Waals surface area contributed by atoms with E-state index in [1.807, 2.05) is 6.07 Å². The third kappa shape index (κ3) is 1.87. The van der Waals surface area contributed by atoms with Gasteiger partial charge in [-0.3, -0.25) is 0 Å². The maximum absolute atomic E-state index is 10.8. The van der Waals surface area contributed by atoms with Crippen LogP contribution in [0.25, 0.3) is 0 Å². The van der Waals surface area contributed by atoms with E-state index in [9.17, 15) is 4.79 Å². The van der Waals surface area contributed by atoms with Crippen molar-refractivity contribution in [2.75, 3.05) is 0 Å². The summed E-state index contributed by atoms with van der Waals surface area (Å²) in [4.78, 5) is 11.3. The van der Waals surface area contributed by atoms with Gasteiger partial charge in [0.05, 0.1) is 11.1 Å². The minimum absolute atomic E-state index is 0.0551. The molecule has 72 valence electrons. The van der Waals surface area contributed by atoms with Gasteiger partial charge in [0.2, 0.25) is 0 Å². The van der Waals surface area contributed by atoms with Crippen LogP contribution in [-0.2, 0) is 6.54 Å². The molecule has 1 rings (SSSR count). The van der Waals surface area contributed by atoms with E-state index in [0.717, 1.165) is 0 Å². The molecule has 0 saturated heterocycles. The summed E-state index contributed by atoms with van der Waals surface area (Å²) >= 11 is 4.03. The maximum atomic E-state index is 10.8. The highest BCUT2D eigenvalue weighted by molar-refractivity contribution is 7.80. The number of hydrogen-bond acceptors (Lipinski definition) is 4. The van der Waals surface area contributed by atoms with E-state index in [2.05, 4.69) is 12.6 Å². The highest BCUT2D eigenvalue weighted by Crippen LogP contribution is 2.19. The molecule has 1 aromatic rings. The molecule has 0 heterocycles. The molecule has 0 aliphatic heterocycles. The van der Waals surface area contributed by atoms with Crippen molar-refractivity contribution in [3.8, 4) is 6.07 Å². The molecule has 5 heteroatoms. The first-order valence-electron chi connectivity index (χ1n) is 3.79. The quantitative estimate of drug-likeness (QED) is 0.633. The van der Waals surface area contributed by atoms with Crippen LogP contribution in [-0.4, -0.2) is 11.1 Å². The van der Waals surface area contributed by atoms with Crippen LogP contribution in [0.4, 0.5) is 0 Å². The third-order valence-electron chi connectivity index (χ3n) is 1.77. The molecule has 0 atom stereocenters. The predicted octanol–water partition coefficient (Wildman–Crippen LogP) is 1.00. The standard InChI is InChI=1S/C9H8N2O2S/c10-3-5-1-6(14)2-7(9(12)13)8(5)4-11/h1-2,14H,3,10H2,(H,12,13). The second-order valence-corrected chi connectivity index (χ2v) is 3.16. The van der Waals surface area contributed by atoms with Crippen molar-refractivity contribution in [1.29, 1.82) is 5.26 Å². The topological polar surface area (TPSA) is 87.1 Å². The number of thiol groups is 1. The molecule has 0 spiro atoms. The first-order chi connectivity index (χ1) is 6.60. The molecule has 0 radical (unpaired) electrons. The van der Waals surface area contributed by atoms with Gasteiger partial charge >= 0.3 is 5.97 Å². The molecule has 4 nitrogen and oxygen atoms in total. The Balaban J connectivity index is 3.49. The Morgan fingerprint density at radius 3 is 2.71 bits per heavy atom. The van der Waals surface area contributed by atoms with Crippen molar-refractivity contribution in [1.82, 2.24) is 0 Å². The molecular formula is C9H8N2O2S. The van der Waals surface area contributed by atoms with E-state index < -0.39 is 5.97 Å². The number of nitrogens with two attached hydrogens (primary N) is 1. The fraction of sp³-hybridized carbons (Fsp3) is 0.111. The minimum Gasteiger partial charge on any atom is -0.478 e. The number of nitriles is 1. The highest BCUT2D eigenvalue weighted by Gasteiger charge is 2.14. The van der Waals surface area contributed by atoms with Gasteiger partial charge in [-0.2, -0.15) is 5.26 Å². The Morgan fingerprint density at radius 2 is 2.29 bits per heavy atom. The van der Waals surface area contributed by atoms with Gasteiger partial charge in [-0.05, 0) is 17.7 Å². The van der Waals surface area contributed by atoms with Crippen LogP contribution >= 0.6 is 12.6 Å².